The second-order valence-electron chi connectivity index (χ2n) is 6.43. The van der Waals surface area contributed by atoms with Crippen LogP contribution in [0.4, 0.5) is 0 Å². The van der Waals surface area contributed by atoms with E-state index in [1.165, 1.54) is 12.0 Å². The number of aromatic nitrogens is 2. The first-order chi connectivity index (χ1) is 11.8. The molecule has 1 fully saturated rings. The minimum atomic E-state index is 0.586. The summed E-state index contributed by atoms with van der Waals surface area (Å²) in [5, 5.41) is 6.81. The Balaban J connectivity index is 1.56. The monoisotopic (exact) mass is 325 g/mol. The molecule has 2 N–H and O–H groups in total. The van der Waals surface area contributed by atoms with Crippen molar-refractivity contribution < 1.29 is 0 Å². The number of nitrogens with one attached hydrogen (secondary N) is 2. The topological polar surface area (TPSA) is 54.2 Å². The van der Waals surface area contributed by atoms with E-state index in [1.54, 1.807) is 0 Å². The summed E-state index contributed by atoms with van der Waals surface area (Å²) in [5.74, 6) is 2.77. The highest BCUT2D eigenvalue weighted by molar-refractivity contribution is 5.80. The Hall–Kier alpha value is -2.30. The maximum Gasteiger partial charge on any atom is 0.191 e. The third-order valence-electron chi connectivity index (χ3n) is 4.38. The normalized spacial score (nSPS) is 20.0. The lowest BCUT2D eigenvalue weighted by Crippen LogP contribution is -2.39. The summed E-state index contributed by atoms with van der Waals surface area (Å²) in [4.78, 5) is 9.19. The molecule has 0 amide bonds. The zero-order chi connectivity index (χ0) is 16.8. The predicted molar refractivity (Wildman–Crippen MR) is 98.2 cm³/mol. The SMILES string of the molecule is CCNC(=NCCc1nccn1Cc1ccccc1)NC1CC1C. The highest BCUT2D eigenvalue weighted by Gasteiger charge is 2.33. The number of aliphatic imine (C=N–C) groups is 1. The highest BCUT2D eigenvalue weighted by atomic mass is 15.2. The van der Waals surface area contributed by atoms with Gasteiger partial charge >= 0.3 is 0 Å². The molecule has 24 heavy (non-hydrogen) atoms. The largest absolute Gasteiger partial charge is 0.357 e. The van der Waals surface area contributed by atoms with Crippen molar-refractivity contribution >= 4 is 5.96 Å². The minimum Gasteiger partial charge on any atom is -0.357 e. The molecule has 128 valence electrons. The Bertz CT molecular complexity index is 661. The summed E-state index contributed by atoms with van der Waals surface area (Å²) in [6.45, 7) is 6.84. The van der Waals surface area contributed by atoms with E-state index < -0.39 is 0 Å². The van der Waals surface area contributed by atoms with E-state index in [1.807, 2.05) is 18.5 Å². The highest BCUT2D eigenvalue weighted by Crippen LogP contribution is 2.28. The van der Waals surface area contributed by atoms with Crippen molar-refractivity contribution in [2.45, 2.75) is 39.3 Å². The van der Waals surface area contributed by atoms with Crippen molar-refractivity contribution in [3.8, 4) is 0 Å². The van der Waals surface area contributed by atoms with Crippen LogP contribution >= 0.6 is 0 Å². The van der Waals surface area contributed by atoms with Crippen molar-refractivity contribution in [1.82, 2.24) is 20.2 Å². The van der Waals surface area contributed by atoms with Crippen LogP contribution in [0.1, 0.15) is 31.7 Å². The van der Waals surface area contributed by atoms with Gasteiger partial charge in [0.25, 0.3) is 0 Å². The molecule has 1 saturated carbocycles. The third kappa shape index (κ3) is 4.60. The molecule has 2 unspecified atom stereocenters. The van der Waals surface area contributed by atoms with Crippen LogP contribution in [0.3, 0.4) is 0 Å². The van der Waals surface area contributed by atoms with Gasteiger partial charge in [0.1, 0.15) is 5.82 Å². The second-order valence-corrected chi connectivity index (χ2v) is 6.43. The summed E-state index contributed by atoms with van der Waals surface area (Å²) in [6.07, 6.45) is 6.00. The van der Waals surface area contributed by atoms with Crippen LogP contribution in [0.2, 0.25) is 0 Å². The number of rotatable bonds is 7. The maximum atomic E-state index is 4.69. The van der Waals surface area contributed by atoms with E-state index in [4.69, 9.17) is 4.99 Å². The first-order valence-corrected chi connectivity index (χ1v) is 8.85. The fourth-order valence-electron chi connectivity index (χ4n) is 2.78. The van der Waals surface area contributed by atoms with Gasteiger partial charge in [0.2, 0.25) is 0 Å². The number of benzene rings is 1. The van der Waals surface area contributed by atoms with Crippen LogP contribution in [-0.2, 0) is 13.0 Å². The Morgan fingerprint density at radius 2 is 2.12 bits per heavy atom. The van der Waals surface area contributed by atoms with Crippen LogP contribution < -0.4 is 10.6 Å². The van der Waals surface area contributed by atoms with E-state index in [-0.39, 0.29) is 0 Å². The Morgan fingerprint density at radius 3 is 2.83 bits per heavy atom. The van der Waals surface area contributed by atoms with Gasteiger partial charge in [0, 0.05) is 44.5 Å². The molecule has 3 rings (SSSR count). The summed E-state index contributed by atoms with van der Waals surface area (Å²) in [7, 11) is 0. The molecule has 2 aromatic rings. The lowest BCUT2D eigenvalue weighted by Gasteiger charge is -2.11. The fraction of sp³-hybridized carbons (Fsp3) is 0.474. The molecule has 0 bridgehead atoms. The molecule has 0 spiro atoms. The average Bonchev–Trinajstić information content (AvgIpc) is 3.10. The van der Waals surface area contributed by atoms with Crippen LogP contribution in [0.5, 0.6) is 0 Å². The van der Waals surface area contributed by atoms with Crippen molar-refractivity contribution in [2.75, 3.05) is 13.1 Å². The van der Waals surface area contributed by atoms with Gasteiger partial charge < -0.3 is 15.2 Å². The van der Waals surface area contributed by atoms with Crippen LogP contribution in [0.25, 0.3) is 0 Å². The maximum absolute atomic E-state index is 4.69. The molecule has 5 nitrogen and oxygen atoms in total. The first kappa shape index (κ1) is 16.6. The quantitative estimate of drug-likeness (QED) is 0.607. The van der Waals surface area contributed by atoms with Gasteiger partial charge in [0.05, 0.1) is 0 Å². The van der Waals surface area contributed by atoms with E-state index >= 15 is 0 Å². The van der Waals surface area contributed by atoms with E-state index in [0.29, 0.717) is 6.04 Å². The Morgan fingerprint density at radius 1 is 1.33 bits per heavy atom. The number of hydrogen-bond acceptors (Lipinski definition) is 2. The van der Waals surface area contributed by atoms with Gasteiger partial charge in [-0.1, -0.05) is 37.3 Å². The molecule has 1 aromatic heterocycles. The summed E-state index contributed by atoms with van der Waals surface area (Å²) < 4.78 is 2.20. The lowest BCUT2D eigenvalue weighted by molar-refractivity contribution is 0.710. The van der Waals surface area contributed by atoms with Gasteiger partial charge in [-0.15, -0.1) is 0 Å². The molecule has 1 aliphatic rings. The Labute approximate surface area is 144 Å². The molecule has 0 saturated heterocycles. The molecule has 1 aromatic carbocycles. The minimum absolute atomic E-state index is 0.586. The van der Waals surface area contributed by atoms with E-state index in [9.17, 15) is 0 Å². The van der Waals surface area contributed by atoms with Gasteiger partial charge in [-0.05, 0) is 24.8 Å². The Kier molecular flexibility index (Phi) is 5.51. The molecule has 1 heterocycles. The molecule has 5 heteroatoms. The lowest BCUT2D eigenvalue weighted by atomic mass is 10.2. The van der Waals surface area contributed by atoms with Crippen molar-refractivity contribution in [2.24, 2.45) is 10.9 Å². The zero-order valence-electron chi connectivity index (χ0n) is 14.6. The third-order valence-corrected chi connectivity index (χ3v) is 4.38. The average molecular weight is 325 g/mol. The number of imidazole rings is 1. The second kappa shape index (κ2) is 7.99. The van der Waals surface area contributed by atoms with Gasteiger partial charge in [-0.3, -0.25) is 4.99 Å². The number of nitrogens with zero attached hydrogens (tertiary/aromatic N) is 3. The van der Waals surface area contributed by atoms with Crippen molar-refractivity contribution in [1.29, 1.82) is 0 Å². The smallest absolute Gasteiger partial charge is 0.191 e. The molecule has 0 aliphatic heterocycles. The van der Waals surface area contributed by atoms with Gasteiger partial charge in [-0.2, -0.15) is 0 Å². The zero-order valence-corrected chi connectivity index (χ0v) is 14.6. The molecular weight excluding hydrogens is 298 g/mol. The molecule has 2 atom stereocenters. The van der Waals surface area contributed by atoms with Gasteiger partial charge in [-0.25, -0.2) is 4.98 Å². The summed E-state index contributed by atoms with van der Waals surface area (Å²) in [6, 6.07) is 11.1. The molecule has 0 radical (unpaired) electrons. The van der Waals surface area contributed by atoms with Crippen LogP contribution in [0, 0.1) is 5.92 Å². The summed E-state index contributed by atoms with van der Waals surface area (Å²) in [5.41, 5.74) is 1.29. The molecular formula is C19H27N5. The van der Waals surface area contributed by atoms with Crippen molar-refractivity contribution in [3.05, 3.63) is 54.1 Å². The predicted octanol–water partition coefficient (Wildman–Crippen LogP) is 2.44. The fourth-order valence-corrected chi connectivity index (χ4v) is 2.78. The summed E-state index contributed by atoms with van der Waals surface area (Å²) >= 11 is 0. The molecule has 1 aliphatic carbocycles. The standard InChI is InChI=1S/C19H27N5/c1-3-20-19(23-17-13-15(17)2)22-10-9-18-21-11-12-24(18)14-16-7-5-4-6-8-16/h4-8,11-12,15,17H,3,9-10,13-14H2,1-2H3,(H2,20,22,23). The van der Waals surface area contributed by atoms with E-state index in [2.05, 4.69) is 58.3 Å². The van der Waals surface area contributed by atoms with E-state index in [0.717, 1.165) is 43.8 Å². The number of guanidine groups is 1. The van der Waals surface area contributed by atoms with Crippen LogP contribution in [0.15, 0.2) is 47.7 Å². The van der Waals surface area contributed by atoms with Gasteiger partial charge in [0.15, 0.2) is 5.96 Å². The van der Waals surface area contributed by atoms with Crippen LogP contribution in [-0.4, -0.2) is 34.6 Å². The first-order valence-electron chi connectivity index (χ1n) is 8.85. The number of hydrogen-bond donors (Lipinski definition) is 2. The van der Waals surface area contributed by atoms with Crippen molar-refractivity contribution in [3.63, 3.8) is 0 Å².